The van der Waals surface area contributed by atoms with Crippen molar-refractivity contribution in [3.63, 3.8) is 0 Å². The van der Waals surface area contributed by atoms with Crippen LogP contribution < -0.4 is 24.3 Å². The zero-order valence-corrected chi connectivity index (χ0v) is 18.8. The van der Waals surface area contributed by atoms with Gasteiger partial charge >= 0.3 is 0 Å². The highest BCUT2D eigenvalue weighted by molar-refractivity contribution is 5.95. The molecule has 1 unspecified atom stereocenters. The van der Waals surface area contributed by atoms with Crippen LogP contribution in [0.25, 0.3) is 0 Å². The first-order chi connectivity index (χ1) is 15.5. The maximum atomic E-state index is 12.9. The van der Waals surface area contributed by atoms with Gasteiger partial charge in [-0.2, -0.15) is 0 Å². The number of aromatic nitrogens is 1. The van der Waals surface area contributed by atoms with Gasteiger partial charge in [-0.15, -0.1) is 0 Å². The van der Waals surface area contributed by atoms with Crippen molar-refractivity contribution < 1.29 is 23.7 Å². The van der Waals surface area contributed by atoms with Crippen LogP contribution in [-0.4, -0.2) is 31.7 Å². The Hall–Kier alpha value is -3.74. The minimum absolute atomic E-state index is 0.225. The monoisotopic (exact) mass is 436 g/mol. The third-order valence-corrected chi connectivity index (χ3v) is 4.90. The maximum absolute atomic E-state index is 12.9. The predicted octanol–water partition coefficient (Wildman–Crippen LogP) is 4.57. The van der Waals surface area contributed by atoms with E-state index in [-0.39, 0.29) is 11.9 Å². The van der Waals surface area contributed by atoms with Crippen LogP contribution in [0.15, 0.2) is 60.9 Å². The Morgan fingerprint density at radius 3 is 2.41 bits per heavy atom. The summed E-state index contributed by atoms with van der Waals surface area (Å²) in [6, 6.07) is 14.2. The highest BCUT2D eigenvalue weighted by Crippen LogP contribution is 2.31. The molecular formula is C25H28N2O5. The topological polar surface area (TPSA) is 78.9 Å². The lowest BCUT2D eigenvalue weighted by Gasteiger charge is -2.19. The van der Waals surface area contributed by atoms with Crippen molar-refractivity contribution in [2.24, 2.45) is 0 Å². The lowest BCUT2D eigenvalue weighted by molar-refractivity contribution is 0.0939. The maximum Gasteiger partial charge on any atom is 0.251 e. The van der Waals surface area contributed by atoms with Gasteiger partial charge in [0.15, 0.2) is 11.5 Å². The summed E-state index contributed by atoms with van der Waals surface area (Å²) < 4.78 is 22.3. The third-order valence-electron chi connectivity index (χ3n) is 4.90. The van der Waals surface area contributed by atoms with Crippen molar-refractivity contribution in [3.05, 3.63) is 77.6 Å². The molecular weight excluding hydrogens is 408 g/mol. The van der Waals surface area contributed by atoms with Crippen LogP contribution in [0, 0.1) is 0 Å². The summed E-state index contributed by atoms with van der Waals surface area (Å²) >= 11 is 0. The molecule has 7 heteroatoms. The van der Waals surface area contributed by atoms with Gasteiger partial charge in [-0.25, -0.2) is 0 Å². The minimum Gasteiger partial charge on any atom is -0.497 e. The number of benzene rings is 2. The summed E-state index contributed by atoms with van der Waals surface area (Å²) in [6.45, 7) is 4.62. The fourth-order valence-corrected chi connectivity index (χ4v) is 3.21. The van der Waals surface area contributed by atoms with E-state index in [4.69, 9.17) is 18.9 Å². The van der Waals surface area contributed by atoms with Crippen LogP contribution >= 0.6 is 0 Å². The number of methoxy groups -OCH3 is 2. The Morgan fingerprint density at radius 2 is 1.72 bits per heavy atom. The first-order valence-electron chi connectivity index (χ1n) is 10.4. The number of carbonyl (C=O) groups excluding carboxylic acids is 1. The zero-order valence-electron chi connectivity index (χ0n) is 18.8. The van der Waals surface area contributed by atoms with Crippen LogP contribution in [-0.2, 0) is 6.61 Å². The third kappa shape index (κ3) is 5.69. The van der Waals surface area contributed by atoms with Crippen molar-refractivity contribution in [1.82, 2.24) is 10.3 Å². The van der Waals surface area contributed by atoms with E-state index in [1.54, 1.807) is 50.9 Å². The summed E-state index contributed by atoms with van der Waals surface area (Å²) in [5, 5.41) is 3.01. The van der Waals surface area contributed by atoms with E-state index >= 15 is 0 Å². The summed E-state index contributed by atoms with van der Waals surface area (Å²) in [5.74, 6) is 2.20. The smallest absolute Gasteiger partial charge is 0.251 e. The Kier molecular flexibility index (Phi) is 7.91. The number of hydrogen-bond acceptors (Lipinski definition) is 6. The van der Waals surface area contributed by atoms with Crippen molar-refractivity contribution in [1.29, 1.82) is 0 Å². The molecule has 3 rings (SSSR count). The molecule has 0 saturated carbocycles. The molecule has 0 aliphatic heterocycles. The number of ether oxygens (including phenoxy) is 4. The molecule has 0 spiro atoms. The van der Waals surface area contributed by atoms with Gasteiger partial charge in [0.25, 0.3) is 5.91 Å². The second kappa shape index (κ2) is 11.0. The molecule has 0 aliphatic rings. The van der Waals surface area contributed by atoms with Crippen LogP contribution in [0.4, 0.5) is 0 Å². The van der Waals surface area contributed by atoms with Crippen LogP contribution in [0.5, 0.6) is 23.0 Å². The second-order valence-corrected chi connectivity index (χ2v) is 7.04. The molecule has 1 atom stereocenters. The largest absolute Gasteiger partial charge is 0.497 e. The van der Waals surface area contributed by atoms with Gasteiger partial charge in [-0.1, -0.05) is 0 Å². The molecule has 1 N–H and O–H groups in total. The predicted molar refractivity (Wildman–Crippen MR) is 122 cm³/mol. The van der Waals surface area contributed by atoms with Crippen molar-refractivity contribution in [3.8, 4) is 23.0 Å². The molecule has 0 fully saturated rings. The molecule has 0 saturated heterocycles. The number of carbonyl (C=O) groups is 1. The van der Waals surface area contributed by atoms with Gasteiger partial charge in [-0.05, 0) is 61.9 Å². The van der Waals surface area contributed by atoms with E-state index in [9.17, 15) is 4.79 Å². The summed E-state index contributed by atoms with van der Waals surface area (Å²) in [7, 11) is 3.19. The van der Waals surface area contributed by atoms with E-state index in [2.05, 4.69) is 10.3 Å². The molecule has 7 nitrogen and oxygen atoms in total. The first kappa shape index (κ1) is 22.9. The molecule has 2 aromatic carbocycles. The second-order valence-electron chi connectivity index (χ2n) is 7.04. The molecule has 1 heterocycles. The van der Waals surface area contributed by atoms with E-state index in [0.29, 0.717) is 41.8 Å². The number of amides is 1. The standard InChI is InChI=1S/C25H28N2O5/c1-5-31-24-14-19(6-9-22(24)32-16-18-10-12-26-13-11-18)25(28)27-17(2)21-8-7-20(29-3)15-23(21)30-4/h6-15,17H,5,16H2,1-4H3,(H,27,28). The lowest BCUT2D eigenvalue weighted by atomic mass is 10.1. The fourth-order valence-electron chi connectivity index (χ4n) is 3.21. The number of hydrogen-bond donors (Lipinski definition) is 1. The fraction of sp³-hybridized carbons (Fsp3) is 0.280. The number of nitrogens with zero attached hydrogens (tertiary/aromatic N) is 1. The van der Waals surface area contributed by atoms with Gasteiger partial charge in [0, 0.05) is 29.6 Å². The van der Waals surface area contributed by atoms with Crippen LogP contribution in [0.1, 0.15) is 41.4 Å². The Morgan fingerprint density at radius 1 is 0.938 bits per heavy atom. The number of pyridine rings is 1. The number of nitrogens with one attached hydrogen (secondary N) is 1. The minimum atomic E-state index is -0.276. The molecule has 1 amide bonds. The highest BCUT2D eigenvalue weighted by atomic mass is 16.5. The first-order valence-corrected chi connectivity index (χ1v) is 10.4. The van der Waals surface area contributed by atoms with Crippen LogP contribution in [0.3, 0.4) is 0 Å². The van der Waals surface area contributed by atoms with Crippen molar-refractivity contribution in [2.75, 3.05) is 20.8 Å². The quantitative estimate of drug-likeness (QED) is 0.502. The van der Waals surface area contributed by atoms with E-state index < -0.39 is 0 Å². The van der Waals surface area contributed by atoms with Gasteiger partial charge in [0.1, 0.15) is 18.1 Å². The van der Waals surface area contributed by atoms with Gasteiger partial charge in [0.2, 0.25) is 0 Å². The Balaban J connectivity index is 1.74. The van der Waals surface area contributed by atoms with E-state index in [1.807, 2.05) is 38.1 Å². The molecule has 1 aromatic heterocycles. The summed E-state index contributed by atoms with van der Waals surface area (Å²) in [4.78, 5) is 16.9. The summed E-state index contributed by atoms with van der Waals surface area (Å²) in [5.41, 5.74) is 2.32. The van der Waals surface area contributed by atoms with Gasteiger partial charge < -0.3 is 24.3 Å². The summed E-state index contributed by atoms with van der Waals surface area (Å²) in [6.07, 6.45) is 3.43. The highest BCUT2D eigenvalue weighted by Gasteiger charge is 2.18. The SMILES string of the molecule is CCOc1cc(C(=O)NC(C)c2ccc(OC)cc2OC)ccc1OCc1ccncc1. The normalized spacial score (nSPS) is 11.4. The average Bonchev–Trinajstić information content (AvgIpc) is 2.83. The zero-order chi connectivity index (χ0) is 22.9. The van der Waals surface area contributed by atoms with Gasteiger partial charge in [0.05, 0.1) is 26.9 Å². The Labute approximate surface area is 188 Å². The van der Waals surface area contributed by atoms with Gasteiger partial charge in [-0.3, -0.25) is 9.78 Å². The molecule has 32 heavy (non-hydrogen) atoms. The molecule has 0 bridgehead atoms. The van der Waals surface area contributed by atoms with E-state index in [1.165, 1.54) is 0 Å². The van der Waals surface area contributed by atoms with Crippen LogP contribution in [0.2, 0.25) is 0 Å². The average molecular weight is 437 g/mol. The lowest BCUT2D eigenvalue weighted by Crippen LogP contribution is -2.27. The molecule has 0 aliphatic carbocycles. The molecule has 0 radical (unpaired) electrons. The Bertz CT molecular complexity index is 1040. The van der Waals surface area contributed by atoms with Crippen molar-refractivity contribution >= 4 is 5.91 Å². The van der Waals surface area contributed by atoms with E-state index in [0.717, 1.165) is 11.1 Å². The number of rotatable bonds is 10. The molecule has 168 valence electrons. The van der Waals surface area contributed by atoms with Crippen molar-refractivity contribution in [2.45, 2.75) is 26.5 Å². The molecule has 3 aromatic rings.